The Labute approximate surface area is 120 Å². The van der Waals surface area contributed by atoms with Crippen LogP contribution in [0.25, 0.3) is 0 Å². The van der Waals surface area contributed by atoms with Crippen LogP contribution in [0.4, 0.5) is 5.69 Å². The number of carbonyl (C=O) groups excluding carboxylic acids is 1. The van der Waals surface area contributed by atoms with Crippen molar-refractivity contribution in [3.8, 4) is 0 Å². The molecule has 20 heavy (non-hydrogen) atoms. The molecule has 5 heteroatoms. The predicted molar refractivity (Wildman–Crippen MR) is 79.7 cm³/mol. The quantitative estimate of drug-likeness (QED) is 0.845. The van der Waals surface area contributed by atoms with E-state index in [9.17, 15) is 4.79 Å². The average Bonchev–Trinajstić information content (AvgIpc) is 2.41. The zero-order chi connectivity index (χ0) is 14.4. The third kappa shape index (κ3) is 4.59. The van der Waals surface area contributed by atoms with Crippen LogP contribution >= 0.6 is 0 Å². The molecule has 1 aromatic carbocycles. The maximum Gasteiger partial charge on any atom is 0.221 e. The molecule has 0 saturated carbocycles. The largest absolute Gasteiger partial charge is 0.374 e. The number of rotatable bonds is 5. The molecule has 2 N–H and O–H groups in total. The van der Waals surface area contributed by atoms with Crippen LogP contribution < -0.4 is 10.6 Å². The molecule has 1 heterocycles. The number of hydrogen-bond donors (Lipinski definition) is 2. The molecule has 0 aliphatic carbocycles. The molecular formula is C15H23N3O2. The lowest BCUT2D eigenvalue weighted by Crippen LogP contribution is -2.45. The Kier molecular flexibility index (Phi) is 5.52. The highest BCUT2D eigenvalue weighted by Crippen LogP contribution is 2.13. The summed E-state index contributed by atoms with van der Waals surface area (Å²) in [5.74, 6) is -0.0409. The van der Waals surface area contributed by atoms with Crippen molar-refractivity contribution < 1.29 is 9.53 Å². The third-order valence-corrected chi connectivity index (χ3v) is 3.34. The summed E-state index contributed by atoms with van der Waals surface area (Å²) < 4.78 is 5.70. The zero-order valence-corrected chi connectivity index (χ0v) is 12.2. The van der Waals surface area contributed by atoms with E-state index in [0.29, 0.717) is 0 Å². The first-order chi connectivity index (χ1) is 9.67. The van der Waals surface area contributed by atoms with Gasteiger partial charge in [-0.05, 0) is 24.7 Å². The Hall–Kier alpha value is -1.43. The van der Waals surface area contributed by atoms with Crippen molar-refractivity contribution in [1.29, 1.82) is 0 Å². The minimum absolute atomic E-state index is 0.0409. The number of nitrogens with zero attached hydrogens (tertiary/aromatic N) is 1. The van der Waals surface area contributed by atoms with Crippen LogP contribution in [0.3, 0.4) is 0 Å². The molecule has 110 valence electrons. The number of benzene rings is 1. The molecule has 0 aromatic heterocycles. The van der Waals surface area contributed by atoms with Crippen molar-refractivity contribution >= 4 is 11.6 Å². The molecule has 1 unspecified atom stereocenters. The number of anilines is 1. The van der Waals surface area contributed by atoms with Gasteiger partial charge in [-0.1, -0.05) is 12.1 Å². The topological polar surface area (TPSA) is 53.6 Å². The molecule has 2 rings (SSSR count). The fourth-order valence-electron chi connectivity index (χ4n) is 2.43. The number of carbonyl (C=O) groups is 1. The summed E-state index contributed by atoms with van der Waals surface area (Å²) in [6, 6.07) is 8.02. The predicted octanol–water partition coefficient (Wildman–Crippen LogP) is 1.07. The first kappa shape index (κ1) is 15.0. The molecule has 0 radical (unpaired) electrons. The fourth-order valence-corrected chi connectivity index (χ4v) is 2.43. The number of hydrogen-bond acceptors (Lipinski definition) is 4. The van der Waals surface area contributed by atoms with Gasteiger partial charge in [0.15, 0.2) is 0 Å². The minimum atomic E-state index is -0.0409. The van der Waals surface area contributed by atoms with E-state index in [1.807, 2.05) is 19.2 Å². The van der Waals surface area contributed by atoms with Crippen molar-refractivity contribution in [2.45, 2.75) is 19.6 Å². The monoisotopic (exact) mass is 277 g/mol. The Balaban J connectivity index is 1.87. The average molecular weight is 277 g/mol. The second-order valence-electron chi connectivity index (χ2n) is 5.16. The molecule has 1 amide bonds. The molecule has 1 atom stereocenters. The first-order valence-corrected chi connectivity index (χ1v) is 7.02. The molecular weight excluding hydrogens is 254 g/mol. The van der Waals surface area contributed by atoms with Gasteiger partial charge in [0.05, 0.1) is 12.7 Å². The zero-order valence-electron chi connectivity index (χ0n) is 12.2. The van der Waals surface area contributed by atoms with Crippen LogP contribution in [0, 0.1) is 0 Å². The second-order valence-corrected chi connectivity index (χ2v) is 5.16. The summed E-state index contributed by atoms with van der Waals surface area (Å²) >= 11 is 0. The fraction of sp³-hybridized carbons (Fsp3) is 0.533. The van der Waals surface area contributed by atoms with Crippen molar-refractivity contribution in [1.82, 2.24) is 10.2 Å². The highest BCUT2D eigenvalue weighted by atomic mass is 16.5. The van der Waals surface area contributed by atoms with Crippen LogP contribution in [0.15, 0.2) is 24.3 Å². The Bertz CT molecular complexity index is 431. The van der Waals surface area contributed by atoms with E-state index in [-0.39, 0.29) is 12.0 Å². The number of ether oxygens (including phenoxy) is 1. The normalized spacial score (nSPS) is 19.8. The molecule has 1 aliphatic heterocycles. The van der Waals surface area contributed by atoms with Crippen LogP contribution in [-0.2, 0) is 16.1 Å². The SMILES string of the molecule is CNCC1CN(Cc2ccc(NC(C)=O)cc2)CCO1. The number of nitrogens with one attached hydrogen (secondary N) is 2. The lowest BCUT2D eigenvalue weighted by atomic mass is 10.1. The lowest BCUT2D eigenvalue weighted by Gasteiger charge is -2.32. The van der Waals surface area contributed by atoms with Gasteiger partial charge < -0.3 is 15.4 Å². The van der Waals surface area contributed by atoms with E-state index in [1.165, 1.54) is 12.5 Å². The smallest absolute Gasteiger partial charge is 0.221 e. The maximum atomic E-state index is 11.0. The Morgan fingerprint density at radius 1 is 1.40 bits per heavy atom. The third-order valence-electron chi connectivity index (χ3n) is 3.34. The van der Waals surface area contributed by atoms with Crippen LogP contribution in [0.1, 0.15) is 12.5 Å². The number of amides is 1. The van der Waals surface area contributed by atoms with Gasteiger partial charge in [0.2, 0.25) is 5.91 Å². The maximum absolute atomic E-state index is 11.0. The van der Waals surface area contributed by atoms with Crippen molar-refractivity contribution in [2.24, 2.45) is 0 Å². The second kappa shape index (κ2) is 7.38. The van der Waals surface area contributed by atoms with Gasteiger partial charge in [0.25, 0.3) is 0 Å². The summed E-state index contributed by atoms with van der Waals surface area (Å²) in [7, 11) is 1.95. The van der Waals surface area contributed by atoms with E-state index < -0.39 is 0 Å². The van der Waals surface area contributed by atoms with Crippen molar-refractivity contribution in [3.05, 3.63) is 29.8 Å². The van der Waals surface area contributed by atoms with Gasteiger partial charge in [0, 0.05) is 38.8 Å². The summed E-state index contributed by atoms with van der Waals surface area (Å²) in [5.41, 5.74) is 2.10. The van der Waals surface area contributed by atoms with Gasteiger partial charge in [0.1, 0.15) is 0 Å². The van der Waals surface area contributed by atoms with Gasteiger partial charge in [-0.25, -0.2) is 0 Å². The van der Waals surface area contributed by atoms with Crippen molar-refractivity contribution in [2.75, 3.05) is 38.6 Å². The Morgan fingerprint density at radius 3 is 2.80 bits per heavy atom. The van der Waals surface area contributed by atoms with Crippen LogP contribution in [0.2, 0.25) is 0 Å². The van der Waals surface area contributed by atoms with E-state index in [0.717, 1.165) is 38.5 Å². The van der Waals surface area contributed by atoms with Gasteiger partial charge >= 0.3 is 0 Å². The molecule has 1 aliphatic rings. The molecule has 5 nitrogen and oxygen atoms in total. The van der Waals surface area contributed by atoms with E-state index >= 15 is 0 Å². The molecule has 1 fully saturated rings. The number of likely N-dealkylation sites (N-methyl/N-ethyl adjacent to an activating group) is 1. The van der Waals surface area contributed by atoms with Gasteiger partial charge in [-0.3, -0.25) is 9.69 Å². The summed E-state index contributed by atoms with van der Waals surface area (Å²) in [6.45, 7) is 6.03. The summed E-state index contributed by atoms with van der Waals surface area (Å²) in [6.07, 6.45) is 0.271. The summed E-state index contributed by atoms with van der Waals surface area (Å²) in [4.78, 5) is 13.4. The highest BCUT2D eigenvalue weighted by Gasteiger charge is 2.19. The summed E-state index contributed by atoms with van der Waals surface area (Å²) in [5, 5.41) is 5.93. The molecule has 1 saturated heterocycles. The minimum Gasteiger partial charge on any atom is -0.374 e. The molecule has 0 bridgehead atoms. The van der Waals surface area contributed by atoms with Crippen molar-refractivity contribution in [3.63, 3.8) is 0 Å². The Morgan fingerprint density at radius 2 is 2.15 bits per heavy atom. The van der Waals surface area contributed by atoms with Gasteiger partial charge in [-0.15, -0.1) is 0 Å². The van der Waals surface area contributed by atoms with E-state index in [1.54, 1.807) is 0 Å². The van der Waals surface area contributed by atoms with E-state index in [2.05, 4.69) is 27.7 Å². The molecule has 0 spiro atoms. The highest BCUT2D eigenvalue weighted by molar-refractivity contribution is 5.88. The molecule has 1 aromatic rings. The van der Waals surface area contributed by atoms with Crippen LogP contribution in [-0.4, -0.2) is 50.2 Å². The number of morpholine rings is 1. The first-order valence-electron chi connectivity index (χ1n) is 7.02. The van der Waals surface area contributed by atoms with E-state index in [4.69, 9.17) is 4.74 Å². The van der Waals surface area contributed by atoms with Crippen LogP contribution in [0.5, 0.6) is 0 Å². The standard InChI is InChI=1S/C15H23N3O2/c1-12(19)17-14-5-3-13(4-6-14)10-18-7-8-20-15(11-18)9-16-2/h3-6,15-16H,7-11H2,1-2H3,(H,17,19). The van der Waals surface area contributed by atoms with Gasteiger partial charge in [-0.2, -0.15) is 0 Å². The lowest BCUT2D eigenvalue weighted by molar-refractivity contribution is -0.114.